The second-order valence-corrected chi connectivity index (χ2v) is 6.26. The van der Waals surface area contributed by atoms with E-state index in [9.17, 15) is 9.59 Å². The van der Waals surface area contributed by atoms with Crippen molar-refractivity contribution in [2.75, 3.05) is 17.2 Å². The van der Waals surface area contributed by atoms with Crippen LogP contribution in [0.4, 0.5) is 11.4 Å². The van der Waals surface area contributed by atoms with Gasteiger partial charge in [0.1, 0.15) is 17.1 Å². The maximum atomic E-state index is 12.6. The number of pyridine rings is 1. The summed E-state index contributed by atoms with van der Waals surface area (Å²) in [6.07, 6.45) is 0.797. The zero-order chi connectivity index (χ0) is 20.6. The fourth-order valence-corrected chi connectivity index (χ4v) is 2.86. The standard InChI is InChI=1S/C23H23N3O3/c1-3-16-10-5-6-11-17(16)25-22(27)19-13-9-14-20(24-19)23(28)26-18-12-7-8-15-21(18)29-4-2/h5-15H,3-4H2,1-2H3,(H,25,27)(H,26,28). The number of para-hydroxylation sites is 3. The summed E-state index contributed by atoms with van der Waals surface area (Å²) in [6, 6.07) is 19.5. The van der Waals surface area contributed by atoms with E-state index < -0.39 is 5.91 Å². The van der Waals surface area contributed by atoms with Crippen LogP contribution < -0.4 is 15.4 Å². The van der Waals surface area contributed by atoms with Gasteiger partial charge < -0.3 is 15.4 Å². The van der Waals surface area contributed by atoms with E-state index >= 15 is 0 Å². The molecule has 0 atom stereocenters. The van der Waals surface area contributed by atoms with E-state index in [-0.39, 0.29) is 17.3 Å². The quantitative estimate of drug-likeness (QED) is 0.621. The van der Waals surface area contributed by atoms with Gasteiger partial charge in [-0.2, -0.15) is 0 Å². The van der Waals surface area contributed by atoms with Crippen molar-refractivity contribution >= 4 is 23.2 Å². The highest BCUT2D eigenvalue weighted by atomic mass is 16.5. The summed E-state index contributed by atoms with van der Waals surface area (Å²) < 4.78 is 5.52. The van der Waals surface area contributed by atoms with Gasteiger partial charge in [-0.05, 0) is 49.2 Å². The highest BCUT2D eigenvalue weighted by Crippen LogP contribution is 2.24. The summed E-state index contributed by atoms with van der Waals surface area (Å²) in [7, 11) is 0. The maximum absolute atomic E-state index is 12.6. The number of carbonyl (C=O) groups excluding carboxylic acids is 2. The number of aryl methyl sites for hydroxylation is 1. The topological polar surface area (TPSA) is 80.3 Å². The number of nitrogens with zero attached hydrogens (tertiary/aromatic N) is 1. The summed E-state index contributed by atoms with van der Waals surface area (Å²) in [5, 5.41) is 5.65. The van der Waals surface area contributed by atoms with Crippen molar-refractivity contribution in [2.45, 2.75) is 20.3 Å². The van der Waals surface area contributed by atoms with E-state index in [2.05, 4.69) is 15.6 Å². The molecule has 0 saturated carbocycles. The molecule has 6 heteroatoms. The van der Waals surface area contributed by atoms with Gasteiger partial charge in [-0.3, -0.25) is 9.59 Å². The number of carbonyl (C=O) groups is 2. The molecule has 0 radical (unpaired) electrons. The molecule has 6 nitrogen and oxygen atoms in total. The summed E-state index contributed by atoms with van der Waals surface area (Å²) in [5.74, 6) is -0.204. The lowest BCUT2D eigenvalue weighted by molar-refractivity contribution is 0.101. The van der Waals surface area contributed by atoms with Gasteiger partial charge in [0, 0.05) is 5.69 Å². The number of anilines is 2. The van der Waals surface area contributed by atoms with Crippen LogP contribution in [0, 0.1) is 0 Å². The molecule has 0 aliphatic heterocycles. The Morgan fingerprint density at radius 2 is 1.38 bits per heavy atom. The SMILES string of the molecule is CCOc1ccccc1NC(=O)c1cccc(C(=O)Nc2ccccc2CC)n1. The number of nitrogens with one attached hydrogen (secondary N) is 2. The lowest BCUT2D eigenvalue weighted by Crippen LogP contribution is -2.19. The molecule has 2 N–H and O–H groups in total. The number of ether oxygens (including phenoxy) is 1. The van der Waals surface area contributed by atoms with Crippen LogP contribution in [0.25, 0.3) is 0 Å². The Balaban J connectivity index is 1.77. The second kappa shape index (κ2) is 9.50. The predicted octanol–water partition coefficient (Wildman–Crippen LogP) is 4.55. The highest BCUT2D eigenvalue weighted by molar-refractivity contribution is 6.06. The average Bonchev–Trinajstić information content (AvgIpc) is 2.75. The molecule has 3 rings (SSSR count). The molecular formula is C23H23N3O3. The molecular weight excluding hydrogens is 366 g/mol. The van der Waals surface area contributed by atoms with Crippen LogP contribution in [0.3, 0.4) is 0 Å². The number of benzene rings is 2. The first-order valence-electron chi connectivity index (χ1n) is 9.51. The molecule has 0 aliphatic rings. The van der Waals surface area contributed by atoms with Gasteiger partial charge in [-0.25, -0.2) is 4.98 Å². The largest absolute Gasteiger partial charge is 0.492 e. The molecule has 3 aromatic rings. The lowest BCUT2D eigenvalue weighted by atomic mass is 10.1. The summed E-state index contributed by atoms with van der Waals surface area (Å²) in [4.78, 5) is 29.5. The first-order chi connectivity index (χ1) is 14.1. The van der Waals surface area contributed by atoms with Gasteiger partial charge in [0.15, 0.2) is 0 Å². The van der Waals surface area contributed by atoms with Crippen LogP contribution in [0.1, 0.15) is 40.4 Å². The van der Waals surface area contributed by atoms with E-state index in [4.69, 9.17) is 4.74 Å². The number of aromatic nitrogens is 1. The number of rotatable bonds is 7. The Bertz CT molecular complexity index is 1020. The van der Waals surface area contributed by atoms with Crippen molar-refractivity contribution in [3.63, 3.8) is 0 Å². The van der Waals surface area contributed by atoms with Crippen LogP contribution in [-0.2, 0) is 6.42 Å². The molecule has 0 fully saturated rings. The molecule has 29 heavy (non-hydrogen) atoms. The van der Waals surface area contributed by atoms with Crippen molar-refractivity contribution < 1.29 is 14.3 Å². The minimum absolute atomic E-state index is 0.146. The molecule has 0 aliphatic carbocycles. The zero-order valence-electron chi connectivity index (χ0n) is 16.4. The third-order valence-corrected chi connectivity index (χ3v) is 4.30. The van der Waals surface area contributed by atoms with Gasteiger partial charge in [-0.1, -0.05) is 43.3 Å². The van der Waals surface area contributed by atoms with E-state index in [1.165, 1.54) is 0 Å². The van der Waals surface area contributed by atoms with Crippen LogP contribution >= 0.6 is 0 Å². The van der Waals surface area contributed by atoms with Crippen LogP contribution in [0.15, 0.2) is 66.7 Å². The molecule has 2 amide bonds. The molecule has 0 unspecified atom stereocenters. The van der Waals surface area contributed by atoms with E-state index in [1.807, 2.05) is 44.2 Å². The summed E-state index contributed by atoms with van der Waals surface area (Å²) >= 11 is 0. The zero-order valence-corrected chi connectivity index (χ0v) is 16.4. The van der Waals surface area contributed by atoms with Crippen molar-refractivity contribution in [3.05, 3.63) is 83.7 Å². The normalized spacial score (nSPS) is 10.3. The molecule has 0 saturated heterocycles. The molecule has 148 valence electrons. The fraction of sp³-hybridized carbons (Fsp3) is 0.174. The monoisotopic (exact) mass is 389 g/mol. The van der Waals surface area contributed by atoms with E-state index in [1.54, 1.807) is 36.4 Å². The van der Waals surface area contributed by atoms with Gasteiger partial charge in [0.25, 0.3) is 11.8 Å². The number of hydrogen-bond acceptors (Lipinski definition) is 4. The first kappa shape index (κ1) is 20.1. The van der Waals surface area contributed by atoms with E-state index in [0.717, 1.165) is 17.7 Å². The Kier molecular flexibility index (Phi) is 6.58. The fourth-order valence-electron chi connectivity index (χ4n) is 2.86. The molecule has 2 aromatic carbocycles. The Morgan fingerprint density at radius 1 is 0.793 bits per heavy atom. The Morgan fingerprint density at radius 3 is 2.03 bits per heavy atom. The van der Waals surface area contributed by atoms with Gasteiger partial charge in [0.2, 0.25) is 0 Å². The van der Waals surface area contributed by atoms with Gasteiger partial charge in [0.05, 0.1) is 12.3 Å². The van der Waals surface area contributed by atoms with Crippen LogP contribution in [0.5, 0.6) is 5.75 Å². The Hall–Kier alpha value is -3.67. The van der Waals surface area contributed by atoms with Crippen molar-refractivity contribution in [1.29, 1.82) is 0 Å². The van der Waals surface area contributed by atoms with Crippen LogP contribution in [-0.4, -0.2) is 23.4 Å². The van der Waals surface area contributed by atoms with Gasteiger partial charge >= 0.3 is 0 Å². The lowest BCUT2D eigenvalue weighted by Gasteiger charge is -2.12. The average molecular weight is 389 g/mol. The summed E-state index contributed by atoms with van der Waals surface area (Å²) in [5.41, 5.74) is 2.63. The predicted molar refractivity (Wildman–Crippen MR) is 114 cm³/mol. The minimum atomic E-state index is -0.416. The number of hydrogen-bond donors (Lipinski definition) is 2. The highest BCUT2D eigenvalue weighted by Gasteiger charge is 2.15. The smallest absolute Gasteiger partial charge is 0.274 e. The van der Waals surface area contributed by atoms with E-state index in [0.29, 0.717) is 18.0 Å². The van der Waals surface area contributed by atoms with Crippen molar-refractivity contribution in [1.82, 2.24) is 4.98 Å². The molecule has 1 heterocycles. The first-order valence-corrected chi connectivity index (χ1v) is 9.51. The minimum Gasteiger partial charge on any atom is -0.492 e. The maximum Gasteiger partial charge on any atom is 0.274 e. The third-order valence-electron chi connectivity index (χ3n) is 4.30. The molecule has 0 bridgehead atoms. The molecule has 1 aromatic heterocycles. The van der Waals surface area contributed by atoms with Crippen LogP contribution in [0.2, 0.25) is 0 Å². The second-order valence-electron chi connectivity index (χ2n) is 6.26. The summed E-state index contributed by atoms with van der Waals surface area (Å²) in [6.45, 7) is 4.38. The third kappa shape index (κ3) is 4.99. The van der Waals surface area contributed by atoms with Crippen molar-refractivity contribution in [2.24, 2.45) is 0 Å². The van der Waals surface area contributed by atoms with Crippen molar-refractivity contribution in [3.8, 4) is 5.75 Å². The van der Waals surface area contributed by atoms with Gasteiger partial charge in [-0.15, -0.1) is 0 Å². The molecule has 0 spiro atoms. The Labute approximate surface area is 169 Å². The number of amides is 2.